The molecule has 1 N–H and O–H groups in total. The van der Waals surface area contributed by atoms with Crippen molar-refractivity contribution >= 4 is 23.1 Å². The topological polar surface area (TPSA) is 71.5 Å². The number of ether oxygens (including phenoxy) is 1. The van der Waals surface area contributed by atoms with Crippen molar-refractivity contribution in [2.75, 3.05) is 11.9 Å². The lowest BCUT2D eigenvalue weighted by atomic mass is 9.99. The lowest BCUT2D eigenvalue weighted by Crippen LogP contribution is -2.32. The third kappa shape index (κ3) is 4.25. The van der Waals surface area contributed by atoms with Crippen molar-refractivity contribution in [3.05, 3.63) is 94.9 Å². The summed E-state index contributed by atoms with van der Waals surface area (Å²) in [6.07, 6.45) is 3.30. The van der Waals surface area contributed by atoms with Gasteiger partial charge < -0.3 is 10.1 Å². The van der Waals surface area contributed by atoms with Gasteiger partial charge in [-0.15, -0.1) is 0 Å². The van der Waals surface area contributed by atoms with Gasteiger partial charge in [-0.25, -0.2) is 0 Å². The van der Waals surface area contributed by atoms with E-state index in [1.165, 1.54) is 4.90 Å². The second-order valence-corrected chi connectivity index (χ2v) is 7.69. The van der Waals surface area contributed by atoms with Crippen LogP contribution in [0.1, 0.15) is 29.2 Å². The highest BCUT2D eigenvalue weighted by atomic mass is 16.5. The number of carbonyl (C=O) groups excluding carboxylic acids is 2. The van der Waals surface area contributed by atoms with Crippen LogP contribution in [0.2, 0.25) is 0 Å². The molecule has 2 heterocycles. The highest BCUT2D eigenvalue weighted by molar-refractivity contribution is 6.36. The zero-order valence-electron chi connectivity index (χ0n) is 18.4. The van der Waals surface area contributed by atoms with E-state index < -0.39 is 0 Å². The molecule has 0 bridgehead atoms. The van der Waals surface area contributed by atoms with Gasteiger partial charge in [0.2, 0.25) is 0 Å². The first-order valence-corrected chi connectivity index (χ1v) is 10.5. The number of carbonyl (C=O) groups is 2. The molecule has 0 radical (unpaired) electrons. The molecule has 2 amide bonds. The Morgan fingerprint density at radius 3 is 2.44 bits per heavy atom. The molecule has 1 aliphatic rings. The second kappa shape index (κ2) is 9.06. The largest absolute Gasteiger partial charge is 0.494 e. The molecule has 4 rings (SSSR count). The second-order valence-electron chi connectivity index (χ2n) is 7.69. The summed E-state index contributed by atoms with van der Waals surface area (Å²) in [5.74, 6) is 0.0108. The summed E-state index contributed by atoms with van der Waals surface area (Å²) in [6.45, 7) is 6.64. The molecule has 6 heteroatoms. The Morgan fingerprint density at radius 1 is 0.938 bits per heavy atom. The van der Waals surface area contributed by atoms with Crippen LogP contribution in [0.5, 0.6) is 5.75 Å². The molecular weight excluding hydrogens is 402 g/mol. The van der Waals surface area contributed by atoms with Gasteiger partial charge in [-0.1, -0.05) is 24.3 Å². The Bertz CT molecular complexity index is 1200. The standard InChI is InChI=1S/C26H25N3O3/c1-4-32-22-7-5-6-21(15-22)28-24-23(20-9-8-17(2)18(3)14-20)25(30)29(26(24)31)16-19-10-12-27-13-11-19/h5-15,28H,4,16H2,1-3H3. The molecule has 1 aliphatic heterocycles. The number of anilines is 1. The van der Waals surface area contributed by atoms with Gasteiger partial charge in [0.25, 0.3) is 11.8 Å². The monoisotopic (exact) mass is 427 g/mol. The van der Waals surface area contributed by atoms with Crippen LogP contribution in [-0.4, -0.2) is 28.3 Å². The number of hydrogen-bond acceptors (Lipinski definition) is 5. The predicted octanol–water partition coefficient (Wildman–Crippen LogP) is 4.49. The fourth-order valence-electron chi connectivity index (χ4n) is 3.65. The van der Waals surface area contributed by atoms with Crippen molar-refractivity contribution in [3.63, 3.8) is 0 Å². The van der Waals surface area contributed by atoms with E-state index in [1.807, 2.05) is 63.2 Å². The molecule has 6 nitrogen and oxygen atoms in total. The van der Waals surface area contributed by atoms with E-state index in [9.17, 15) is 9.59 Å². The number of aromatic nitrogens is 1. The van der Waals surface area contributed by atoms with Gasteiger partial charge in [0.05, 0.1) is 18.7 Å². The quantitative estimate of drug-likeness (QED) is 0.563. The Labute approximate surface area is 187 Å². The van der Waals surface area contributed by atoms with Crippen molar-refractivity contribution in [1.82, 2.24) is 9.88 Å². The van der Waals surface area contributed by atoms with E-state index in [-0.39, 0.29) is 24.1 Å². The van der Waals surface area contributed by atoms with Crippen molar-refractivity contribution in [2.45, 2.75) is 27.3 Å². The van der Waals surface area contributed by atoms with Crippen LogP contribution in [0, 0.1) is 13.8 Å². The maximum absolute atomic E-state index is 13.5. The molecular formula is C26H25N3O3. The Morgan fingerprint density at radius 2 is 1.72 bits per heavy atom. The maximum Gasteiger partial charge on any atom is 0.278 e. The Kier molecular flexibility index (Phi) is 6.03. The fraction of sp³-hybridized carbons (Fsp3) is 0.192. The SMILES string of the molecule is CCOc1cccc(NC2=C(c3ccc(C)c(C)c3)C(=O)N(Cc3ccncc3)C2=O)c1. The van der Waals surface area contributed by atoms with Gasteiger partial charge >= 0.3 is 0 Å². The van der Waals surface area contributed by atoms with Gasteiger partial charge in [-0.2, -0.15) is 0 Å². The summed E-state index contributed by atoms with van der Waals surface area (Å²) < 4.78 is 5.58. The summed E-state index contributed by atoms with van der Waals surface area (Å²) in [5.41, 5.74) is 5.04. The van der Waals surface area contributed by atoms with Crippen LogP contribution in [-0.2, 0) is 16.1 Å². The summed E-state index contributed by atoms with van der Waals surface area (Å²) in [6, 6.07) is 16.8. The Hall–Kier alpha value is -3.93. The first kappa shape index (κ1) is 21.3. The lowest BCUT2D eigenvalue weighted by Gasteiger charge is -2.15. The minimum Gasteiger partial charge on any atom is -0.494 e. The van der Waals surface area contributed by atoms with E-state index in [1.54, 1.807) is 24.5 Å². The zero-order chi connectivity index (χ0) is 22.7. The van der Waals surface area contributed by atoms with E-state index in [0.29, 0.717) is 29.2 Å². The van der Waals surface area contributed by atoms with Crippen LogP contribution in [0.25, 0.3) is 5.57 Å². The third-order valence-electron chi connectivity index (χ3n) is 5.47. The van der Waals surface area contributed by atoms with Crippen molar-refractivity contribution in [1.29, 1.82) is 0 Å². The Balaban J connectivity index is 1.75. The number of rotatable bonds is 7. The average molecular weight is 428 g/mol. The summed E-state index contributed by atoms with van der Waals surface area (Å²) in [7, 11) is 0. The number of nitrogens with one attached hydrogen (secondary N) is 1. The first-order chi connectivity index (χ1) is 15.5. The molecule has 0 unspecified atom stereocenters. The fourth-order valence-corrected chi connectivity index (χ4v) is 3.65. The molecule has 32 heavy (non-hydrogen) atoms. The van der Waals surface area contributed by atoms with Crippen molar-refractivity contribution in [2.24, 2.45) is 0 Å². The number of amides is 2. The molecule has 0 spiro atoms. The molecule has 1 aromatic heterocycles. The minimum absolute atomic E-state index is 0.179. The summed E-state index contributed by atoms with van der Waals surface area (Å²) in [5, 5.41) is 3.19. The molecule has 0 aliphatic carbocycles. The van der Waals surface area contributed by atoms with E-state index in [4.69, 9.17) is 4.74 Å². The predicted molar refractivity (Wildman–Crippen MR) is 124 cm³/mol. The van der Waals surface area contributed by atoms with Gasteiger partial charge in [-0.05, 0) is 67.3 Å². The zero-order valence-corrected chi connectivity index (χ0v) is 18.4. The summed E-state index contributed by atoms with van der Waals surface area (Å²) >= 11 is 0. The molecule has 3 aromatic rings. The number of aryl methyl sites for hydroxylation is 2. The third-order valence-corrected chi connectivity index (χ3v) is 5.47. The molecule has 0 atom stereocenters. The smallest absolute Gasteiger partial charge is 0.278 e. The van der Waals surface area contributed by atoms with Crippen molar-refractivity contribution < 1.29 is 14.3 Å². The molecule has 2 aromatic carbocycles. The normalized spacial score (nSPS) is 13.7. The summed E-state index contributed by atoms with van der Waals surface area (Å²) in [4.78, 5) is 32.1. The van der Waals surface area contributed by atoms with Crippen LogP contribution >= 0.6 is 0 Å². The van der Waals surface area contributed by atoms with Crippen LogP contribution in [0.4, 0.5) is 5.69 Å². The first-order valence-electron chi connectivity index (χ1n) is 10.5. The van der Waals surface area contributed by atoms with Crippen LogP contribution < -0.4 is 10.1 Å². The van der Waals surface area contributed by atoms with Crippen LogP contribution in [0.15, 0.2) is 72.7 Å². The number of hydrogen-bond donors (Lipinski definition) is 1. The van der Waals surface area contributed by atoms with E-state index in [0.717, 1.165) is 16.7 Å². The molecule has 0 fully saturated rings. The van der Waals surface area contributed by atoms with Crippen LogP contribution in [0.3, 0.4) is 0 Å². The maximum atomic E-state index is 13.5. The number of pyridine rings is 1. The van der Waals surface area contributed by atoms with Gasteiger partial charge in [0, 0.05) is 24.1 Å². The minimum atomic E-state index is -0.359. The number of benzene rings is 2. The molecule has 0 saturated heterocycles. The molecule has 162 valence electrons. The lowest BCUT2D eigenvalue weighted by molar-refractivity contribution is -0.137. The number of nitrogens with zero attached hydrogens (tertiary/aromatic N) is 2. The highest BCUT2D eigenvalue weighted by Crippen LogP contribution is 2.33. The van der Waals surface area contributed by atoms with E-state index >= 15 is 0 Å². The highest BCUT2D eigenvalue weighted by Gasteiger charge is 2.39. The van der Waals surface area contributed by atoms with Crippen molar-refractivity contribution in [3.8, 4) is 5.75 Å². The molecule has 0 saturated carbocycles. The average Bonchev–Trinajstić information content (AvgIpc) is 3.01. The van der Waals surface area contributed by atoms with Gasteiger partial charge in [0.15, 0.2) is 0 Å². The van der Waals surface area contributed by atoms with E-state index in [2.05, 4.69) is 10.3 Å². The van der Waals surface area contributed by atoms with Gasteiger partial charge in [-0.3, -0.25) is 19.5 Å². The van der Waals surface area contributed by atoms with Gasteiger partial charge in [0.1, 0.15) is 11.4 Å². The number of imide groups is 1.